The number of nitrogens with one attached hydrogen (secondary N) is 1. The molecule has 1 aromatic carbocycles. The molecule has 0 radical (unpaired) electrons. The lowest BCUT2D eigenvalue weighted by atomic mass is 9.88. The van der Waals surface area contributed by atoms with Gasteiger partial charge in [-0.05, 0) is 18.6 Å². The van der Waals surface area contributed by atoms with Gasteiger partial charge < -0.3 is 10.4 Å². The molecule has 1 rings (SSSR count). The number of nitriles is 1. The summed E-state index contributed by atoms with van der Waals surface area (Å²) in [6.07, 6.45) is 0.799. The molecule has 0 aromatic heterocycles. The number of hydrogen-bond donors (Lipinski definition) is 2. The fraction of sp³-hybridized carbons (Fsp3) is 0.462. The number of hydrogen-bond acceptors (Lipinski definition) is 3. The second-order valence-electron chi connectivity index (χ2n) is 4.45. The van der Waals surface area contributed by atoms with Crippen LogP contribution in [0.1, 0.15) is 25.8 Å². The maximum Gasteiger partial charge on any atom is 0.143 e. The predicted molar refractivity (Wildman–Crippen MR) is 65.1 cm³/mol. The van der Waals surface area contributed by atoms with Crippen molar-refractivity contribution < 1.29 is 9.50 Å². The van der Waals surface area contributed by atoms with E-state index in [2.05, 4.69) is 5.32 Å². The van der Waals surface area contributed by atoms with Crippen LogP contribution in [0.25, 0.3) is 0 Å². The first kappa shape index (κ1) is 13.5. The molecule has 0 saturated heterocycles. The van der Waals surface area contributed by atoms with Gasteiger partial charge in [-0.25, -0.2) is 4.39 Å². The van der Waals surface area contributed by atoms with Crippen molar-refractivity contribution in [3.05, 3.63) is 29.6 Å². The molecule has 0 aliphatic rings. The number of nitrogens with zero attached hydrogens (tertiary/aromatic N) is 1. The molecule has 0 spiro atoms. The molecule has 0 amide bonds. The summed E-state index contributed by atoms with van der Waals surface area (Å²) >= 11 is 0. The van der Waals surface area contributed by atoms with Gasteiger partial charge in [-0.1, -0.05) is 19.9 Å². The molecule has 0 fully saturated rings. The van der Waals surface area contributed by atoms with Crippen LogP contribution in [0.15, 0.2) is 18.2 Å². The van der Waals surface area contributed by atoms with E-state index in [1.807, 2.05) is 19.9 Å². The molecule has 1 unspecified atom stereocenters. The van der Waals surface area contributed by atoms with Crippen molar-refractivity contribution in [3.8, 4) is 6.07 Å². The average Bonchev–Trinajstić information content (AvgIpc) is 2.36. The number of aliphatic hydroxyl groups is 1. The van der Waals surface area contributed by atoms with Gasteiger partial charge in [0.15, 0.2) is 0 Å². The van der Waals surface area contributed by atoms with E-state index >= 15 is 0 Å². The predicted octanol–water partition coefficient (Wildman–Crippen LogP) is 2.52. The lowest BCUT2D eigenvalue weighted by Crippen LogP contribution is -2.29. The molecular formula is C13H17FN2O. The molecule has 2 N–H and O–H groups in total. The van der Waals surface area contributed by atoms with Crippen molar-refractivity contribution in [2.24, 2.45) is 5.41 Å². The topological polar surface area (TPSA) is 56.0 Å². The maximum atomic E-state index is 13.3. The number of anilines is 1. The van der Waals surface area contributed by atoms with E-state index in [4.69, 9.17) is 5.26 Å². The van der Waals surface area contributed by atoms with Gasteiger partial charge in [0.05, 0.1) is 12.3 Å². The Bertz CT molecular complexity index is 422. The second kappa shape index (κ2) is 5.65. The third kappa shape index (κ3) is 3.18. The fourth-order valence-corrected chi connectivity index (χ4v) is 1.39. The van der Waals surface area contributed by atoms with Crippen molar-refractivity contribution in [2.75, 3.05) is 18.5 Å². The van der Waals surface area contributed by atoms with Gasteiger partial charge in [0.2, 0.25) is 0 Å². The van der Waals surface area contributed by atoms with Gasteiger partial charge >= 0.3 is 0 Å². The van der Waals surface area contributed by atoms with Gasteiger partial charge in [0.1, 0.15) is 17.4 Å². The Labute approximate surface area is 101 Å². The molecule has 3 nitrogen and oxygen atoms in total. The Morgan fingerprint density at radius 3 is 2.76 bits per heavy atom. The van der Waals surface area contributed by atoms with E-state index < -0.39 is 5.82 Å². The van der Waals surface area contributed by atoms with Crippen LogP contribution in [0.4, 0.5) is 10.1 Å². The van der Waals surface area contributed by atoms with Gasteiger partial charge in [-0.3, -0.25) is 0 Å². The van der Waals surface area contributed by atoms with Gasteiger partial charge in [0.25, 0.3) is 0 Å². The highest BCUT2D eigenvalue weighted by molar-refractivity contribution is 5.57. The zero-order valence-corrected chi connectivity index (χ0v) is 10.1. The van der Waals surface area contributed by atoms with Gasteiger partial charge in [0, 0.05) is 12.0 Å². The van der Waals surface area contributed by atoms with E-state index in [9.17, 15) is 9.50 Å². The van der Waals surface area contributed by atoms with E-state index in [0.29, 0.717) is 12.2 Å². The number of benzene rings is 1. The van der Waals surface area contributed by atoms with E-state index in [-0.39, 0.29) is 17.6 Å². The first-order valence-corrected chi connectivity index (χ1v) is 5.59. The Kier molecular flexibility index (Phi) is 4.47. The van der Waals surface area contributed by atoms with Crippen LogP contribution >= 0.6 is 0 Å². The SMILES string of the molecule is CCC(C)(CO)CNc1cccc(F)c1C#N. The highest BCUT2D eigenvalue weighted by Gasteiger charge is 2.21. The molecule has 17 heavy (non-hydrogen) atoms. The summed E-state index contributed by atoms with van der Waals surface area (Å²) in [4.78, 5) is 0. The lowest BCUT2D eigenvalue weighted by Gasteiger charge is -2.26. The minimum Gasteiger partial charge on any atom is -0.396 e. The summed E-state index contributed by atoms with van der Waals surface area (Å²) in [6.45, 7) is 4.46. The monoisotopic (exact) mass is 236 g/mol. The minimum atomic E-state index is -0.528. The summed E-state index contributed by atoms with van der Waals surface area (Å²) < 4.78 is 13.3. The summed E-state index contributed by atoms with van der Waals surface area (Å²) in [7, 11) is 0. The maximum absolute atomic E-state index is 13.3. The van der Waals surface area contributed by atoms with Gasteiger partial charge in [-0.2, -0.15) is 5.26 Å². The van der Waals surface area contributed by atoms with E-state index in [1.165, 1.54) is 6.07 Å². The van der Waals surface area contributed by atoms with E-state index in [0.717, 1.165) is 6.42 Å². The standard InChI is InChI=1S/C13H17FN2O/c1-3-13(2,9-17)8-16-12-6-4-5-11(14)10(12)7-15/h4-6,16-17H,3,8-9H2,1-2H3. The normalized spacial score (nSPS) is 13.8. The molecule has 0 saturated carbocycles. The van der Waals surface area contributed by atoms with Crippen LogP contribution < -0.4 is 5.32 Å². The molecule has 1 atom stereocenters. The smallest absolute Gasteiger partial charge is 0.143 e. The largest absolute Gasteiger partial charge is 0.396 e. The minimum absolute atomic E-state index is 0.0175. The Hall–Kier alpha value is -1.60. The molecule has 92 valence electrons. The van der Waals surface area contributed by atoms with Crippen LogP contribution in [0.3, 0.4) is 0 Å². The third-order valence-corrected chi connectivity index (χ3v) is 3.07. The van der Waals surface area contributed by atoms with Crippen molar-refractivity contribution in [2.45, 2.75) is 20.3 Å². The molecule has 0 heterocycles. The molecule has 4 heteroatoms. The molecule has 0 aliphatic carbocycles. The molecule has 0 aliphatic heterocycles. The van der Waals surface area contributed by atoms with Crippen LogP contribution in [0, 0.1) is 22.6 Å². The van der Waals surface area contributed by atoms with Crippen LogP contribution in [0.2, 0.25) is 0 Å². The Balaban J connectivity index is 2.83. The summed E-state index contributed by atoms with van der Waals surface area (Å²) in [6, 6.07) is 6.31. The van der Waals surface area contributed by atoms with Crippen LogP contribution in [0.5, 0.6) is 0 Å². The first-order chi connectivity index (χ1) is 8.06. The Morgan fingerprint density at radius 2 is 2.24 bits per heavy atom. The number of aliphatic hydroxyl groups excluding tert-OH is 1. The summed E-state index contributed by atoms with van der Waals surface area (Å²) in [5.41, 5.74) is 0.225. The molecule has 0 bridgehead atoms. The second-order valence-corrected chi connectivity index (χ2v) is 4.45. The average molecular weight is 236 g/mol. The van der Waals surface area contributed by atoms with Gasteiger partial charge in [-0.15, -0.1) is 0 Å². The fourth-order valence-electron chi connectivity index (χ4n) is 1.39. The van der Waals surface area contributed by atoms with E-state index in [1.54, 1.807) is 12.1 Å². The molecule has 1 aromatic rings. The van der Waals surface area contributed by atoms with Crippen molar-refractivity contribution in [1.29, 1.82) is 5.26 Å². The summed E-state index contributed by atoms with van der Waals surface area (Å²) in [5.74, 6) is -0.528. The quantitative estimate of drug-likeness (QED) is 0.826. The van der Waals surface area contributed by atoms with Crippen molar-refractivity contribution in [1.82, 2.24) is 0 Å². The van der Waals surface area contributed by atoms with Crippen molar-refractivity contribution >= 4 is 5.69 Å². The van der Waals surface area contributed by atoms with Crippen LogP contribution in [-0.2, 0) is 0 Å². The number of halogens is 1. The zero-order valence-electron chi connectivity index (χ0n) is 10.1. The zero-order chi connectivity index (χ0) is 12.9. The van der Waals surface area contributed by atoms with Crippen LogP contribution in [-0.4, -0.2) is 18.3 Å². The highest BCUT2D eigenvalue weighted by Crippen LogP contribution is 2.23. The Morgan fingerprint density at radius 1 is 1.53 bits per heavy atom. The molecular weight excluding hydrogens is 219 g/mol. The van der Waals surface area contributed by atoms with Crippen molar-refractivity contribution in [3.63, 3.8) is 0 Å². The number of rotatable bonds is 5. The lowest BCUT2D eigenvalue weighted by molar-refractivity contribution is 0.149. The highest BCUT2D eigenvalue weighted by atomic mass is 19.1. The third-order valence-electron chi connectivity index (χ3n) is 3.07. The summed E-state index contributed by atoms with van der Waals surface area (Å²) in [5, 5.41) is 21.2. The first-order valence-electron chi connectivity index (χ1n) is 5.59.